The topological polar surface area (TPSA) is 107 Å². The van der Waals surface area contributed by atoms with Crippen LogP contribution >= 0.6 is 0 Å². The summed E-state index contributed by atoms with van der Waals surface area (Å²) >= 11 is 0. The van der Waals surface area contributed by atoms with Gasteiger partial charge >= 0.3 is 12.1 Å². The van der Waals surface area contributed by atoms with Gasteiger partial charge in [0.05, 0.1) is 11.1 Å². The lowest BCUT2D eigenvalue weighted by Crippen LogP contribution is -2.34. The molecule has 1 heterocycles. The molecule has 0 bridgehead atoms. The highest BCUT2D eigenvalue weighted by Crippen LogP contribution is 2.28. The molecule has 1 aliphatic rings. The van der Waals surface area contributed by atoms with E-state index in [0.29, 0.717) is 18.4 Å². The maximum absolute atomic E-state index is 13.8. The number of nitrogens with zero attached hydrogens (tertiary/aromatic N) is 3. The third-order valence-corrected chi connectivity index (χ3v) is 6.15. The number of carboxylic acids is 1. The number of hydrogen-bond acceptors (Lipinski definition) is 6. The van der Waals surface area contributed by atoms with Gasteiger partial charge in [0.15, 0.2) is 0 Å². The van der Waals surface area contributed by atoms with Crippen LogP contribution in [0.4, 0.5) is 33.7 Å². The van der Waals surface area contributed by atoms with Gasteiger partial charge in [-0.05, 0) is 61.9 Å². The summed E-state index contributed by atoms with van der Waals surface area (Å²) in [6.45, 7) is 0.443. The number of rotatable bonds is 6. The van der Waals surface area contributed by atoms with E-state index in [9.17, 15) is 26.7 Å². The molecule has 1 aromatic heterocycles. The van der Waals surface area contributed by atoms with Gasteiger partial charge in [-0.15, -0.1) is 0 Å². The number of alkyl halides is 3. The molecule has 3 aromatic rings. The minimum absolute atomic E-state index is 0.249. The molecule has 210 valence electrons. The summed E-state index contributed by atoms with van der Waals surface area (Å²) in [4.78, 5) is 32.5. The summed E-state index contributed by atoms with van der Waals surface area (Å²) in [5.74, 6) is -2.90. The van der Waals surface area contributed by atoms with E-state index >= 15 is 0 Å². The first-order valence-corrected chi connectivity index (χ1v) is 12.1. The number of carbonyl (C=O) groups excluding carboxylic acids is 1. The largest absolute Gasteiger partial charge is 0.490 e. The third-order valence-electron chi connectivity index (χ3n) is 6.15. The maximum Gasteiger partial charge on any atom is 0.490 e. The smallest absolute Gasteiger partial charge is 0.475 e. The van der Waals surface area contributed by atoms with Crippen LogP contribution in [0.1, 0.15) is 36.0 Å². The van der Waals surface area contributed by atoms with Gasteiger partial charge in [0.1, 0.15) is 17.5 Å². The van der Waals surface area contributed by atoms with Crippen LogP contribution in [0.15, 0.2) is 42.5 Å². The summed E-state index contributed by atoms with van der Waals surface area (Å²) in [6.07, 6.45) is -1.42. The van der Waals surface area contributed by atoms with Gasteiger partial charge in [0.25, 0.3) is 5.91 Å². The van der Waals surface area contributed by atoms with Gasteiger partial charge in [-0.3, -0.25) is 4.79 Å². The molecule has 13 heteroatoms. The van der Waals surface area contributed by atoms with Crippen LogP contribution in [0, 0.1) is 17.6 Å². The quantitative estimate of drug-likeness (QED) is 0.369. The van der Waals surface area contributed by atoms with Crippen molar-refractivity contribution in [1.29, 1.82) is 0 Å². The number of fused-ring (bicyclic) bond motifs is 1. The summed E-state index contributed by atoms with van der Waals surface area (Å²) in [5.41, 5.74) is 0.639. The molecule has 0 atom stereocenters. The molecule has 4 rings (SSSR count). The van der Waals surface area contributed by atoms with E-state index < -0.39 is 29.7 Å². The first kappa shape index (κ1) is 29.5. The number of carboxylic acid groups (broad SMARTS) is 1. The second-order valence-corrected chi connectivity index (χ2v) is 9.28. The van der Waals surface area contributed by atoms with Crippen molar-refractivity contribution in [2.45, 2.75) is 37.9 Å². The summed E-state index contributed by atoms with van der Waals surface area (Å²) in [5, 5.41) is 14.3. The first-order valence-electron chi connectivity index (χ1n) is 12.1. The predicted octanol–water partition coefficient (Wildman–Crippen LogP) is 5.01. The average molecular weight is 554 g/mol. The minimum Gasteiger partial charge on any atom is -0.475 e. The monoisotopic (exact) mass is 553 g/mol. The number of para-hydroxylation sites is 1. The fourth-order valence-corrected chi connectivity index (χ4v) is 4.16. The number of nitrogens with one attached hydrogen (secondary N) is 2. The zero-order valence-electron chi connectivity index (χ0n) is 21.2. The van der Waals surface area contributed by atoms with E-state index in [1.165, 1.54) is 0 Å². The number of hydrogen-bond donors (Lipinski definition) is 3. The molecule has 0 saturated heterocycles. The minimum atomic E-state index is -5.08. The lowest BCUT2D eigenvalue weighted by Gasteiger charge is -2.29. The lowest BCUT2D eigenvalue weighted by atomic mass is 9.86. The Kier molecular flexibility index (Phi) is 9.60. The van der Waals surface area contributed by atoms with Gasteiger partial charge in [-0.1, -0.05) is 12.1 Å². The second kappa shape index (κ2) is 12.7. The molecule has 0 aliphatic heterocycles. The van der Waals surface area contributed by atoms with Crippen molar-refractivity contribution in [3.8, 4) is 0 Å². The summed E-state index contributed by atoms with van der Waals surface area (Å²) < 4.78 is 58.8. The Morgan fingerprint density at radius 2 is 1.67 bits per heavy atom. The number of aliphatic carboxylic acids is 1. The van der Waals surface area contributed by atoms with Crippen LogP contribution in [0.3, 0.4) is 0 Å². The number of amides is 1. The first-order chi connectivity index (χ1) is 18.3. The van der Waals surface area contributed by atoms with E-state index in [1.807, 2.05) is 43.3 Å². The van der Waals surface area contributed by atoms with E-state index in [4.69, 9.17) is 14.9 Å². The lowest BCUT2D eigenvalue weighted by molar-refractivity contribution is -0.192. The molecule has 39 heavy (non-hydrogen) atoms. The Hall–Kier alpha value is -4.03. The van der Waals surface area contributed by atoms with E-state index in [-0.39, 0.29) is 11.6 Å². The molecule has 3 N–H and O–H groups in total. The van der Waals surface area contributed by atoms with Gasteiger partial charge < -0.3 is 20.6 Å². The second-order valence-electron chi connectivity index (χ2n) is 9.28. The fourth-order valence-electron chi connectivity index (χ4n) is 4.16. The summed E-state index contributed by atoms with van der Waals surface area (Å²) in [7, 11) is 3.93. The Morgan fingerprint density at radius 1 is 1.03 bits per heavy atom. The van der Waals surface area contributed by atoms with E-state index in [2.05, 4.69) is 15.6 Å². The normalized spacial score (nSPS) is 17.1. The molecule has 0 spiro atoms. The number of anilines is 2. The van der Waals surface area contributed by atoms with Crippen LogP contribution in [-0.4, -0.2) is 59.8 Å². The maximum atomic E-state index is 13.8. The molecule has 0 unspecified atom stereocenters. The Morgan fingerprint density at radius 3 is 2.28 bits per heavy atom. The summed E-state index contributed by atoms with van der Waals surface area (Å²) in [6, 6.07) is 11.1. The van der Waals surface area contributed by atoms with Gasteiger partial charge in [-0.25, -0.2) is 18.6 Å². The van der Waals surface area contributed by atoms with Crippen LogP contribution in [0.25, 0.3) is 10.9 Å². The van der Waals surface area contributed by atoms with Gasteiger partial charge in [0, 0.05) is 32.1 Å². The van der Waals surface area contributed by atoms with Crippen LogP contribution in [-0.2, 0) is 4.79 Å². The van der Waals surface area contributed by atoms with Gasteiger partial charge in [-0.2, -0.15) is 18.2 Å². The molecule has 0 radical (unpaired) electrons. The highest BCUT2D eigenvalue weighted by Gasteiger charge is 2.38. The van der Waals surface area contributed by atoms with Gasteiger partial charge in [0.2, 0.25) is 5.95 Å². The van der Waals surface area contributed by atoms with Crippen molar-refractivity contribution in [3.05, 3.63) is 59.7 Å². The fraction of sp³-hybridized carbons (Fsp3) is 0.385. The Labute approximate surface area is 221 Å². The van der Waals surface area contributed by atoms with Crippen molar-refractivity contribution in [2.24, 2.45) is 5.92 Å². The zero-order valence-corrected chi connectivity index (χ0v) is 21.2. The van der Waals surface area contributed by atoms with E-state index in [1.54, 1.807) is 0 Å². The van der Waals surface area contributed by atoms with Crippen LogP contribution in [0.5, 0.6) is 0 Å². The Bertz CT molecular complexity index is 1310. The third kappa shape index (κ3) is 8.23. The molecule has 1 aliphatic carbocycles. The van der Waals surface area contributed by atoms with Crippen molar-refractivity contribution in [1.82, 2.24) is 15.3 Å². The Balaban J connectivity index is 0.000000532. The predicted molar refractivity (Wildman–Crippen MR) is 136 cm³/mol. The average Bonchev–Trinajstić information content (AvgIpc) is 2.88. The molecule has 1 fully saturated rings. The van der Waals surface area contributed by atoms with E-state index in [0.717, 1.165) is 60.6 Å². The van der Waals surface area contributed by atoms with Crippen molar-refractivity contribution in [2.75, 3.05) is 30.9 Å². The molecule has 1 saturated carbocycles. The van der Waals surface area contributed by atoms with Crippen molar-refractivity contribution < 1.29 is 36.6 Å². The molecule has 1 amide bonds. The molecule has 8 nitrogen and oxygen atoms in total. The number of benzene rings is 2. The molecular weight excluding hydrogens is 525 g/mol. The van der Waals surface area contributed by atoms with Crippen LogP contribution < -0.4 is 15.5 Å². The van der Waals surface area contributed by atoms with Crippen LogP contribution in [0.2, 0.25) is 0 Å². The SMILES string of the molecule is CN(C)c1nc(NC2CCC(CNC(=O)c3cc(F)ccc3F)CC2)nc2ccccc12.O=C(O)C(F)(F)F. The molecule has 2 aromatic carbocycles. The standard InChI is InChI=1S/C24H27F2N5O.C2HF3O2/c1-31(2)22-18-5-3-4-6-21(18)29-24(30-22)28-17-10-7-15(8-11-17)14-27-23(32)19-13-16(25)9-12-20(19)26;3-2(4,5)1(6)7/h3-6,9,12-13,15,17H,7-8,10-11,14H2,1-2H3,(H,27,32)(H,28,29,30);(H,6,7). The number of aromatic nitrogens is 2. The molecular formula is C26H28F5N5O3. The van der Waals surface area contributed by atoms with Crippen molar-refractivity contribution >= 4 is 34.5 Å². The number of carbonyl (C=O) groups is 2. The zero-order chi connectivity index (χ0) is 28.7. The van der Waals surface area contributed by atoms with Crippen molar-refractivity contribution in [3.63, 3.8) is 0 Å². The highest BCUT2D eigenvalue weighted by atomic mass is 19.4. The highest BCUT2D eigenvalue weighted by molar-refractivity contribution is 5.94. The number of halogens is 5.